The fraction of sp³-hybridized carbons (Fsp3) is 0.304. The number of ether oxygens (including phenoxy) is 2. The van der Waals surface area contributed by atoms with Gasteiger partial charge < -0.3 is 14.6 Å². The van der Waals surface area contributed by atoms with E-state index in [4.69, 9.17) is 26.2 Å². The first-order valence-corrected chi connectivity index (χ1v) is 11.4. The van der Waals surface area contributed by atoms with Crippen molar-refractivity contribution in [1.29, 1.82) is 0 Å². The third-order valence-corrected chi connectivity index (χ3v) is 5.62. The van der Waals surface area contributed by atoms with Crippen LogP contribution < -0.4 is 15.0 Å². The summed E-state index contributed by atoms with van der Waals surface area (Å²) in [6.45, 7) is 3.45. The van der Waals surface area contributed by atoms with E-state index < -0.39 is 12.1 Å². The van der Waals surface area contributed by atoms with Crippen LogP contribution in [0.3, 0.4) is 0 Å². The number of hydrogen-bond acceptors (Lipinski definition) is 6. The molecule has 1 heterocycles. The molecule has 1 N–H and O–H groups in total. The van der Waals surface area contributed by atoms with Crippen molar-refractivity contribution < 1.29 is 19.4 Å². The van der Waals surface area contributed by atoms with Crippen LogP contribution in [0, 0.1) is 0 Å². The maximum atomic E-state index is 13.2. The van der Waals surface area contributed by atoms with E-state index in [1.165, 1.54) is 24.9 Å². The molecule has 3 aromatic rings. The summed E-state index contributed by atoms with van der Waals surface area (Å²) in [6, 6.07) is 8.51. The number of benzene rings is 2. The van der Waals surface area contributed by atoms with Gasteiger partial charge in [0.1, 0.15) is 5.82 Å². The van der Waals surface area contributed by atoms with Gasteiger partial charge >= 0.3 is 5.97 Å². The van der Waals surface area contributed by atoms with Crippen molar-refractivity contribution in [1.82, 2.24) is 9.66 Å². The average molecular weight is 537 g/mol. The average Bonchev–Trinajstić information content (AvgIpc) is 2.78. The molecule has 0 spiro atoms. The van der Waals surface area contributed by atoms with Gasteiger partial charge in [-0.05, 0) is 49.2 Å². The molecule has 0 saturated heterocycles. The highest BCUT2D eigenvalue weighted by Crippen LogP contribution is 2.36. The molecule has 2 aromatic carbocycles. The molecule has 8 nitrogen and oxygen atoms in total. The molecule has 0 radical (unpaired) electrons. The Morgan fingerprint density at radius 3 is 2.79 bits per heavy atom. The van der Waals surface area contributed by atoms with E-state index in [0.717, 1.165) is 17.3 Å². The van der Waals surface area contributed by atoms with Crippen LogP contribution in [0.25, 0.3) is 10.9 Å². The Kier molecular flexibility index (Phi) is 8.10. The number of methoxy groups -OCH3 is 1. The molecular formula is C23H23BrClN3O5. The number of aromatic nitrogens is 2. The lowest BCUT2D eigenvalue weighted by Gasteiger charge is -2.15. The van der Waals surface area contributed by atoms with E-state index in [9.17, 15) is 9.59 Å². The van der Waals surface area contributed by atoms with Crippen LogP contribution in [0.4, 0.5) is 0 Å². The van der Waals surface area contributed by atoms with Crippen LogP contribution in [0.15, 0.2) is 44.7 Å². The highest BCUT2D eigenvalue weighted by Gasteiger charge is 2.19. The van der Waals surface area contributed by atoms with Crippen LogP contribution in [0.1, 0.15) is 38.1 Å². The predicted molar refractivity (Wildman–Crippen MR) is 131 cm³/mol. The summed E-state index contributed by atoms with van der Waals surface area (Å²) in [5, 5.41) is 14.1. The second-order valence-electron chi connectivity index (χ2n) is 7.29. The van der Waals surface area contributed by atoms with Gasteiger partial charge in [-0.2, -0.15) is 9.78 Å². The number of carbonyl (C=O) groups is 1. The number of fused-ring (bicyclic) bond motifs is 1. The zero-order chi connectivity index (χ0) is 24.1. The van der Waals surface area contributed by atoms with Gasteiger partial charge in [0.2, 0.25) is 0 Å². The third kappa shape index (κ3) is 5.72. The maximum Gasteiger partial charge on any atom is 0.344 e. The second-order valence-corrected chi connectivity index (χ2v) is 8.61. The van der Waals surface area contributed by atoms with E-state index in [2.05, 4.69) is 32.9 Å². The summed E-state index contributed by atoms with van der Waals surface area (Å²) in [7, 11) is 1.42. The highest BCUT2D eigenvalue weighted by molar-refractivity contribution is 9.10. The van der Waals surface area contributed by atoms with Gasteiger partial charge in [-0.25, -0.2) is 9.78 Å². The first kappa shape index (κ1) is 24.7. The summed E-state index contributed by atoms with van der Waals surface area (Å²) in [6.07, 6.45) is 2.76. The van der Waals surface area contributed by atoms with E-state index in [0.29, 0.717) is 28.7 Å². The summed E-state index contributed by atoms with van der Waals surface area (Å²) in [5.74, 6) is -0.213. The standard InChI is InChI=1S/C23H23BrClN3O5/c1-4-5-6-20-27-18-8-7-15(24)11-16(18)22(29)28(20)26-12-14-9-17(25)21(19(10-14)32-3)33-13(2)23(30)31/h7-13H,4-6H2,1-3H3,(H,30,31)/t13-/m1/s1. The SMILES string of the molecule is CCCCc1nc2ccc(Br)cc2c(=O)n1N=Cc1cc(Cl)c(O[C@H](C)C(=O)O)c(OC)c1. The molecule has 174 valence electrons. The van der Waals surface area contributed by atoms with Gasteiger partial charge in [0.05, 0.1) is 29.2 Å². The first-order chi connectivity index (χ1) is 15.7. The topological polar surface area (TPSA) is 103 Å². The number of aliphatic carboxylic acids is 1. The summed E-state index contributed by atoms with van der Waals surface area (Å²) >= 11 is 9.72. The van der Waals surface area contributed by atoms with Crippen molar-refractivity contribution in [2.24, 2.45) is 5.10 Å². The number of rotatable bonds is 9. The predicted octanol–water partition coefficient (Wildman–Crippen LogP) is 4.90. The molecule has 0 bridgehead atoms. The van der Waals surface area contributed by atoms with Crippen molar-refractivity contribution >= 4 is 50.6 Å². The minimum atomic E-state index is -1.13. The minimum Gasteiger partial charge on any atom is -0.493 e. The Labute approximate surface area is 203 Å². The van der Waals surface area contributed by atoms with Crippen molar-refractivity contribution in [2.75, 3.05) is 7.11 Å². The molecule has 0 fully saturated rings. The van der Waals surface area contributed by atoms with E-state index >= 15 is 0 Å². The van der Waals surface area contributed by atoms with Crippen molar-refractivity contribution in [3.63, 3.8) is 0 Å². The molecule has 1 aromatic heterocycles. The Morgan fingerprint density at radius 1 is 1.36 bits per heavy atom. The molecular weight excluding hydrogens is 514 g/mol. The molecule has 0 unspecified atom stereocenters. The number of aryl methyl sites for hydroxylation is 1. The van der Waals surface area contributed by atoms with Gasteiger partial charge in [0.15, 0.2) is 17.6 Å². The summed E-state index contributed by atoms with van der Waals surface area (Å²) < 4.78 is 12.8. The number of nitrogens with zero attached hydrogens (tertiary/aromatic N) is 3. The molecule has 1 atom stereocenters. The Balaban J connectivity index is 2.05. The van der Waals surface area contributed by atoms with Gasteiger partial charge in [0.25, 0.3) is 5.56 Å². The third-order valence-electron chi connectivity index (χ3n) is 4.85. The van der Waals surface area contributed by atoms with Crippen LogP contribution >= 0.6 is 27.5 Å². The fourth-order valence-corrected chi connectivity index (χ4v) is 3.72. The number of carboxylic acid groups (broad SMARTS) is 1. The first-order valence-electron chi connectivity index (χ1n) is 10.3. The number of carboxylic acids is 1. The smallest absolute Gasteiger partial charge is 0.344 e. The minimum absolute atomic E-state index is 0.115. The maximum absolute atomic E-state index is 13.2. The number of hydrogen-bond donors (Lipinski definition) is 1. The van der Waals surface area contributed by atoms with Crippen molar-refractivity contribution in [3.05, 3.63) is 61.6 Å². The van der Waals surface area contributed by atoms with Crippen molar-refractivity contribution in [2.45, 2.75) is 39.2 Å². The molecule has 0 aliphatic rings. The fourth-order valence-electron chi connectivity index (χ4n) is 3.09. The number of unbranched alkanes of at least 4 members (excludes halogenated alkanes) is 1. The lowest BCUT2D eigenvalue weighted by Crippen LogP contribution is -2.23. The Bertz CT molecular complexity index is 1280. The van der Waals surface area contributed by atoms with Crippen LogP contribution in [0.2, 0.25) is 5.02 Å². The molecule has 0 saturated carbocycles. The molecule has 33 heavy (non-hydrogen) atoms. The van der Waals surface area contributed by atoms with Crippen LogP contribution in [-0.4, -0.2) is 40.2 Å². The zero-order valence-corrected chi connectivity index (χ0v) is 20.7. The molecule has 0 aliphatic heterocycles. The van der Waals surface area contributed by atoms with Gasteiger partial charge in [-0.3, -0.25) is 4.79 Å². The van der Waals surface area contributed by atoms with Crippen LogP contribution in [0.5, 0.6) is 11.5 Å². The highest BCUT2D eigenvalue weighted by atomic mass is 79.9. The molecule has 0 amide bonds. The van der Waals surface area contributed by atoms with Gasteiger partial charge in [-0.15, -0.1) is 0 Å². The molecule has 10 heteroatoms. The summed E-state index contributed by atoms with van der Waals surface area (Å²) in [4.78, 5) is 28.9. The Hall–Kier alpha value is -2.91. The monoisotopic (exact) mass is 535 g/mol. The summed E-state index contributed by atoms with van der Waals surface area (Å²) in [5.41, 5.74) is 0.867. The zero-order valence-electron chi connectivity index (χ0n) is 18.3. The lowest BCUT2D eigenvalue weighted by molar-refractivity contribution is -0.144. The van der Waals surface area contributed by atoms with Gasteiger partial charge in [0, 0.05) is 10.9 Å². The largest absolute Gasteiger partial charge is 0.493 e. The van der Waals surface area contributed by atoms with Crippen molar-refractivity contribution in [3.8, 4) is 11.5 Å². The Morgan fingerprint density at radius 2 is 2.12 bits per heavy atom. The van der Waals surface area contributed by atoms with Crippen LogP contribution in [-0.2, 0) is 11.2 Å². The lowest BCUT2D eigenvalue weighted by atomic mass is 10.2. The van der Waals surface area contributed by atoms with E-state index in [1.54, 1.807) is 24.3 Å². The van der Waals surface area contributed by atoms with E-state index in [1.807, 2.05) is 6.07 Å². The van der Waals surface area contributed by atoms with E-state index in [-0.39, 0.29) is 22.1 Å². The number of halogens is 2. The molecule has 0 aliphatic carbocycles. The second kappa shape index (κ2) is 10.8. The normalized spacial score (nSPS) is 12.3. The molecule has 3 rings (SSSR count). The quantitative estimate of drug-likeness (QED) is 0.390. The van der Waals surface area contributed by atoms with Gasteiger partial charge in [-0.1, -0.05) is 40.9 Å².